The summed E-state index contributed by atoms with van der Waals surface area (Å²) in [6.07, 6.45) is 0.998. The van der Waals surface area contributed by atoms with Crippen LogP contribution in [0.2, 0.25) is 0 Å². The smallest absolute Gasteiger partial charge is 0.259 e. The highest BCUT2D eigenvalue weighted by Crippen LogP contribution is 2.13. The Kier molecular flexibility index (Phi) is 10.9. The van der Waals surface area contributed by atoms with Gasteiger partial charge >= 0.3 is 0 Å². The molecule has 0 radical (unpaired) electrons. The fourth-order valence-corrected chi connectivity index (χ4v) is 3.12. The molecule has 0 unspecified atom stereocenters. The Morgan fingerprint density at radius 2 is 2.00 bits per heavy atom. The molecule has 2 aromatic rings. The Labute approximate surface area is 188 Å². The molecule has 2 rings (SSSR count). The summed E-state index contributed by atoms with van der Waals surface area (Å²) in [4.78, 5) is 21.0. The van der Waals surface area contributed by atoms with Gasteiger partial charge in [0, 0.05) is 46.2 Å². The number of guanidine groups is 1. The number of nitrogens with one attached hydrogen (secondary N) is 1. The lowest BCUT2D eigenvalue weighted by atomic mass is 10.2. The number of ether oxygens (including phenoxy) is 1. The van der Waals surface area contributed by atoms with Crippen molar-refractivity contribution in [1.82, 2.24) is 15.1 Å². The fourth-order valence-electron chi connectivity index (χ4n) is 2.42. The van der Waals surface area contributed by atoms with Gasteiger partial charge in [-0.3, -0.25) is 9.79 Å². The summed E-state index contributed by atoms with van der Waals surface area (Å²) in [5.41, 5.74) is 1.07. The third-order valence-electron chi connectivity index (χ3n) is 4.06. The first-order valence-electron chi connectivity index (χ1n) is 8.85. The van der Waals surface area contributed by atoms with Crippen molar-refractivity contribution in [1.29, 1.82) is 0 Å². The Balaban J connectivity index is 0.00000392. The van der Waals surface area contributed by atoms with Crippen LogP contribution in [0.3, 0.4) is 0 Å². The summed E-state index contributed by atoms with van der Waals surface area (Å²) >= 11 is 1.78. The maximum atomic E-state index is 11.6. The van der Waals surface area contributed by atoms with E-state index in [0.717, 1.165) is 24.5 Å². The molecule has 0 saturated heterocycles. The molecule has 1 N–H and O–H groups in total. The topological polar surface area (TPSA) is 57.2 Å². The van der Waals surface area contributed by atoms with Crippen LogP contribution in [-0.2, 0) is 17.8 Å². The second-order valence-electron chi connectivity index (χ2n) is 6.38. The number of rotatable bonds is 8. The van der Waals surface area contributed by atoms with Gasteiger partial charge in [0.2, 0.25) is 0 Å². The molecule has 0 aliphatic carbocycles. The molecule has 0 atom stereocenters. The zero-order chi connectivity index (χ0) is 19.6. The summed E-state index contributed by atoms with van der Waals surface area (Å²) in [6.45, 7) is 1.57. The van der Waals surface area contributed by atoms with Gasteiger partial charge < -0.3 is 19.9 Å². The van der Waals surface area contributed by atoms with Gasteiger partial charge in [0.25, 0.3) is 5.91 Å². The van der Waals surface area contributed by atoms with Gasteiger partial charge in [0.1, 0.15) is 5.75 Å². The number of likely N-dealkylation sites (N-methyl/N-ethyl adjacent to an activating group) is 2. The van der Waals surface area contributed by atoms with E-state index in [-0.39, 0.29) is 36.5 Å². The number of halogens is 1. The quantitative estimate of drug-likeness (QED) is 0.333. The molecule has 8 heteroatoms. The molecule has 154 valence electrons. The molecule has 0 spiro atoms. The van der Waals surface area contributed by atoms with Crippen molar-refractivity contribution in [3.8, 4) is 5.75 Å². The summed E-state index contributed by atoms with van der Waals surface area (Å²) in [6, 6.07) is 12.0. The van der Waals surface area contributed by atoms with E-state index in [1.807, 2.05) is 31.3 Å². The maximum absolute atomic E-state index is 11.6. The normalized spacial score (nSPS) is 10.8. The molecule has 1 amide bonds. The predicted molar refractivity (Wildman–Crippen MR) is 127 cm³/mol. The molecule has 1 heterocycles. The molecule has 0 aliphatic heterocycles. The molecule has 1 aromatic carbocycles. The molecular formula is C20H29IN4O2S. The van der Waals surface area contributed by atoms with E-state index in [1.165, 1.54) is 9.78 Å². The number of nitrogens with zero attached hydrogens (tertiary/aromatic N) is 3. The third kappa shape index (κ3) is 8.05. The molecular weight excluding hydrogens is 487 g/mol. The standard InChI is InChI=1S/C20H28N4O2S.HI/c1-21-20(24(4)11-10-18-9-6-12-27-18)22-14-16-7-5-8-17(13-16)26-15-19(25)23(2)3;/h5-9,12-13H,10-11,14-15H2,1-4H3,(H,21,22);1H. The van der Waals surface area contributed by atoms with Crippen LogP contribution in [0.25, 0.3) is 0 Å². The minimum atomic E-state index is -0.0636. The molecule has 0 saturated carbocycles. The van der Waals surface area contributed by atoms with Crippen molar-refractivity contribution in [2.45, 2.75) is 13.0 Å². The van der Waals surface area contributed by atoms with Crippen LogP contribution in [0.15, 0.2) is 46.8 Å². The number of carbonyl (C=O) groups is 1. The lowest BCUT2D eigenvalue weighted by molar-refractivity contribution is -0.130. The van der Waals surface area contributed by atoms with Crippen molar-refractivity contribution in [2.75, 3.05) is 41.3 Å². The van der Waals surface area contributed by atoms with Gasteiger partial charge in [0.05, 0.1) is 0 Å². The molecule has 0 bridgehead atoms. The monoisotopic (exact) mass is 516 g/mol. The highest BCUT2D eigenvalue weighted by Gasteiger charge is 2.08. The van der Waals surface area contributed by atoms with E-state index < -0.39 is 0 Å². The van der Waals surface area contributed by atoms with Crippen LogP contribution < -0.4 is 10.1 Å². The SMILES string of the molecule is CN=C(NCc1cccc(OCC(=O)N(C)C)c1)N(C)CCc1cccs1.I. The van der Waals surface area contributed by atoms with Gasteiger partial charge in [0.15, 0.2) is 12.6 Å². The highest BCUT2D eigenvalue weighted by atomic mass is 127. The maximum Gasteiger partial charge on any atom is 0.259 e. The van der Waals surface area contributed by atoms with Crippen molar-refractivity contribution >= 4 is 47.2 Å². The average Bonchev–Trinajstić information content (AvgIpc) is 3.18. The van der Waals surface area contributed by atoms with Crippen molar-refractivity contribution < 1.29 is 9.53 Å². The van der Waals surface area contributed by atoms with Gasteiger partial charge in [-0.1, -0.05) is 18.2 Å². The number of hydrogen-bond acceptors (Lipinski definition) is 4. The fraction of sp³-hybridized carbons (Fsp3) is 0.400. The van der Waals surface area contributed by atoms with E-state index in [9.17, 15) is 4.79 Å². The first-order chi connectivity index (χ1) is 13.0. The van der Waals surface area contributed by atoms with Crippen LogP contribution >= 0.6 is 35.3 Å². The number of thiophene rings is 1. The zero-order valence-electron chi connectivity index (χ0n) is 16.8. The van der Waals surface area contributed by atoms with Gasteiger partial charge in [-0.25, -0.2) is 0 Å². The Bertz CT molecular complexity index is 750. The van der Waals surface area contributed by atoms with Crippen molar-refractivity contribution in [2.24, 2.45) is 4.99 Å². The largest absolute Gasteiger partial charge is 0.484 e. The van der Waals surface area contributed by atoms with Crippen molar-refractivity contribution in [3.63, 3.8) is 0 Å². The lowest BCUT2D eigenvalue weighted by Crippen LogP contribution is -2.39. The first-order valence-corrected chi connectivity index (χ1v) is 9.73. The molecule has 6 nitrogen and oxygen atoms in total. The minimum Gasteiger partial charge on any atom is -0.484 e. The van der Waals surface area contributed by atoms with Crippen LogP contribution in [0.5, 0.6) is 5.75 Å². The zero-order valence-corrected chi connectivity index (χ0v) is 20.0. The van der Waals surface area contributed by atoms with E-state index >= 15 is 0 Å². The summed E-state index contributed by atoms with van der Waals surface area (Å²) < 4.78 is 5.57. The third-order valence-corrected chi connectivity index (χ3v) is 4.99. The minimum absolute atomic E-state index is 0. The molecule has 1 aromatic heterocycles. The summed E-state index contributed by atoms with van der Waals surface area (Å²) in [7, 11) is 7.25. The van der Waals surface area contributed by atoms with E-state index in [0.29, 0.717) is 12.3 Å². The number of amides is 1. The van der Waals surface area contributed by atoms with Crippen LogP contribution in [-0.4, -0.2) is 63.0 Å². The van der Waals surface area contributed by atoms with E-state index in [1.54, 1.807) is 32.5 Å². The number of aliphatic imine (C=N–C) groups is 1. The molecule has 0 aliphatic rings. The lowest BCUT2D eigenvalue weighted by Gasteiger charge is -2.22. The summed E-state index contributed by atoms with van der Waals surface area (Å²) in [5.74, 6) is 1.47. The van der Waals surface area contributed by atoms with Crippen LogP contribution in [0, 0.1) is 0 Å². The second-order valence-corrected chi connectivity index (χ2v) is 7.41. The van der Waals surface area contributed by atoms with E-state index in [4.69, 9.17) is 4.74 Å². The highest BCUT2D eigenvalue weighted by molar-refractivity contribution is 14.0. The van der Waals surface area contributed by atoms with Crippen molar-refractivity contribution in [3.05, 3.63) is 52.2 Å². The van der Waals surface area contributed by atoms with Gasteiger partial charge in [-0.2, -0.15) is 0 Å². The Hall–Kier alpha value is -1.81. The average molecular weight is 516 g/mol. The van der Waals surface area contributed by atoms with Gasteiger partial charge in [-0.05, 0) is 35.6 Å². The van der Waals surface area contributed by atoms with Gasteiger partial charge in [-0.15, -0.1) is 35.3 Å². The molecule has 28 heavy (non-hydrogen) atoms. The second kappa shape index (κ2) is 12.6. The number of benzene rings is 1. The molecule has 0 fully saturated rings. The first kappa shape index (κ1) is 24.2. The predicted octanol–water partition coefficient (Wildman–Crippen LogP) is 3.08. The Morgan fingerprint density at radius 3 is 2.64 bits per heavy atom. The number of carbonyl (C=O) groups excluding carboxylic acids is 1. The Morgan fingerprint density at radius 1 is 1.21 bits per heavy atom. The van der Waals surface area contributed by atoms with E-state index in [2.05, 4.69) is 32.7 Å². The van der Waals surface area contributed by atoms with Crippen LogP contribution in [0.1, 0.15) is 10.4 Å². The summed E-state index contributed by atoms with van der Waals surface area (Å²) in [5, 5.41) is 5.48. The number of hydrogen-bond donors (Lipinski definition) is 1. The van der Waals surface area contributed by atoms with Crippen LogP contribution in [0.4, 0.5) is 0 Å².